The third kappa shape index (κ3) is 4.92. The number of likely N-dealkylation sites (tertiary alicyclic amines) is 1. The third-order valence-corrected chi connectivity index (χ3v) is 7.97. The molecule has 1 saturated carbocycles. The second-order valence-electron chi connectivity index (χ2n) is 9.37. The minimum Gasteiger partial charge on any atom is -0.508 e. The molecule has 176 valence electrons. The second-order valence-corrected chi connectivity index (χ2v) is 10.2. The third-order valence-electron chi connectivity index (χ3n) is 7.23. The number of rotatable bonds is 6. The molecule has 1 saturated heterocycles. The van der Waals surface area contributed by atoms with Gasteiger partial charge in [0.1, 0.15) is 5.75 Å². The molecule has 4 rings (SSSR count). The van der Waals surface area contributed by atoms with Crippen LogP contribution in [0.25, 0.3) is 0 Å². The van der Waals surface area contributed by atoms with Gasteiger partial charge in [0.2, 0.25) is 5.91 Å². The molecule has 0 bridgehead atoms. The Morgan fingerprint density at radius 1 is 1.21 bits per heavy atom. The number of phenolic OH excluding ortho intramolecular Hbond substituents is 1. The van der Waals surface area contributed by atoms with Crippen molar-refractivity contribution in [3.63, 3.8) is 0 Å². The van der Waals surface area contributed by atoms with Crippen molar-refractivity contribution in [3.05, 3.63) is 76.3 Å². The quantitative estimate of drug-likeness (QED) is 0.524. The molecule has 0 radical (unpaired) electrons. The molecule has 3 atom stereocenters. The largest absolute Gasteiger partial charge is 0.508 e. The van der Waals surface area contributed by atoms with Crippen molar-refractivity contribution in [2.75, 3.05) is 19.6 Å². The average molecular weight is 489 g/mol. The number of nitrogens with one attached hydrogen (secondary N) is 1. The Hall–Kier alpha value is -2.05. The lowest BCUT2D eigenvalue weighted by molar-refractivity contribution is -0.132. The Morgan fingerprint density at radius 3 is 2.76 bits per heavy atom. The van der Waals surface area contributed by atoms with Gasteiger partial charge in [-0.25, -0.2) is 0 Å². The molecule has 7 heteroatoms. The Balaban J connectivity index is 1.55. The van der Waals surface area contributed by atoms with Gasteiger partial charge >= 0.3 is 0 Å². The van der Waals surface area contributed by atoms with Crippen LogP contribution in [0.2, 0.25) is 10.0 Å². The van der Waals surface area contributed by atoms with Gasteiger partial charge in [-0.1, -0.05) is 47.5 Å². The summed E-state index contributed by atoms with van der Waals surface area (Å²) in [5.74, 6) is 0.0995. The lowest BCUT2D eigenvalue weighted by Gasteiger charge is -2.58. The second kappa shape index (κ2) is 9.67. The summed E-state index contributed by atoms with van der Waals surface area (Å²) >= 11 is 12.1. The SMILES string of the molecule is C=CCN1CCC2(c3cccc(O)c3)C[C@@H](NC(=O)Cc3ccc(Cl)c(Cl)c3)CCC2(O)C1. The van der Waals surface area contributed by atoms with Crippen LogP contribution in [0.5, 0.6) is 5.75 Å². The highest BCUT2D eigenvalue weighted by Crippen LogP contribution is 2.52. The fourth-order valence-electron chi connectivity index (χ4n) is 5.64. The molecule has 33 heavy (non-hydrogen) atoms. The van der Waals surface area contributed by atoms with E-state index in [0.29, 0.717) is 35.9 Å². The summed E-state index contributed by atoms with van der Waals surface area (Å²) in [6, 6.07) is 12.3. The van der Waals surface area contributed by atoms with Crippen molar-refractivity contribution >= 4 is 29.1 Å². The van der Waals surface area contributed by atoms with Crippen molar-refractivity contribution in [2.24, 2.45) is 0 Å². The summed E-state index contributed by atoms with van der Waals surface area (Å²) in [4.78, 5) is 15.1. The zero-order valence-corrected chi connectivity index (χ0v) is 20.1. The molecule has 1 amide bonds. The minimum absolute atomic E-state index is 0.0751. The van der Waals surface area contributed by atoms with E-state index in [1.807, 2.05) is 18.2 Å². The number of halogens is 2. The number of β-amino-alcohol motifs (C(OH)–C–C–N with tert-alkyl or cyclic N) is 1. The summed E-state index contributed by atoms with van der Waals surface area (Å²) in [5, 5.41) is 26.2. The van der Waals surface area contributed by atoms with E-state index in [1.165, 1.54) is 0 Å². The maximum atomic E-state index is 12.8. The molecule has 0 aromatic heterocycles. The number of benzene rings is 2. The lowest BCUT2D eigenvalue weighted by atomic mass is 9.55. The predicted molar refractivity (Wildman–Crippen MR) is 132 cm³/mol. The summed E-state index contributed by atoms with van der Waals surface area (Å²) in [6.07, 6.45) is 4.67. The number of hydrogen-bond donors (Lipinski definition) is 3. The number of aromatic hydroxyl groups is 1. The molecule has 2 aromatic rings. The highest BCUT2D eigenvalue weighted by Gasteiger charge is 2.57. The van der Waals surface area contributed by atoms with E-state index >= 15 is 0 Å². The monoisotopic (exact) mass is 488 g/mol. The Bertz CT molecular complexity index is 1050. The van der Waals surface area contributed by atoms with Gasteiger partial charge in [-0.15, -0.1) is 6.58 Å². The Morgan fingerprint density at radius 2 is 2.03 bits per heavy atom. The van der Waals surface area contributed by atoms with Crippen LogP contribution in [-0.2, 0) is 16.6 Å². The van der Waals surface area contributed by atoms with Crippen LogP contribution in [0, 0.1) is 0 Å². The summed E-state index contributed by atoms with van der Waals surface area (Å²) in [7, 11) is 0. The first-order chi connectivity index (χ1) is 15.7. The summed E-state index contributed by atoms with van der Waals surface area (Å²) in [6.45, 7) is 5.92. The number of piperidine rings is 1. The number of hydrogen-bond acceptors (Lipinski definition) is 4. The molecule has 2 fully saturated rings. The van der Waals surface area contributed by atoms with Crippen molar-refractivity contribution in [3.8, 4) is 5.75 Å². The van der Waals surface area contributed by atoms with Gasteiger partial charge in [-0.05, 0) is 67.6 Å². The minimum atomic E-state index is -0.951. The van der Waals surface area contributed by atoms with Gasteiger partial charge in [-0.2, -0.15) is 0 Å². The van der Waals surface area contributed by atoms with E-state index in [9.17, 15) is 15.0 Å². The Labute approximate surface area is 205 Å². The number of amides is 1. The van der Waals surface area contributed by atoms with E-state index in [4.69, 9.17) is 23.2 Å². The van der Waals surface area contributed by atoms with Gasteiger partial charge < -0.3 is 15.5 Å². The number of fused-ring (bicyclic) bond motifs is 1. The van der Waals surface area contributed by atoms with Gasteiger partial charge in [0.05, 0.1) is 22.1 Å². The number of phenols is 1. The Kier molecular flexibility index (Phi) is 7.06. The topological polar surface area (TPSA) is 72.8 Å². The van der Waals surface area contributed by atoms with E-state index in [0.717, 1.165) is 30.6 Å². The molecule has 1 aliphatic carbocycles. The first-order valence-corrected chi connectivity index (χ1v) is 12.1. The molecule has 2 aromatic carbocycles. The zero-order chi connectivity index (χ0) is 23.6. The highest BCUT2D eigenvalue weighted by molar-refractivity contribution is 6.42. The highest BCUT2D eigenvalue weighted by atomic mass is 35.5. The van der Waals surface area contributed by atoms with Crippen LogP contribution >= 0.6 is 23.2 Å². The van der Waals surface area contributed by atoms with E-state index in [1.54, 1.807) is 30.3 Å². The number of aliphatic hydroxyl groups is 1. The van der Waals surface area contributed by atoms with Crippen molar-refractivity contribution in [1.29, 1.82) is 0 Å². The smallest absolute Gasteiger partial charge is 0.224 e. The zero-order valence-electron chi connectivity index (χ0n) is 18.6. The molecule has 3 N–H and O–H groups in total. The number of carbonyl (C=O) groups is 1. The molecule has 5 nitrogen and oxygen atoms in total. The fourth-order valence-corrected chi connectivity index (χ4v) is 5.96. The molecule has 1 aliphatic heterocycles. The molecule has 0 spiro atoms. The van der Waals surface area contributed by atoms with Crippen molar-refractivity contribution in [2.45, 2.75) is 49.2 Å². The number of carbonyl (C=O) groups excluding carboxylic acids is 1. The van der Waals surface area contributed by atoms with Crippen LogP contribution in [0.3, 0.4) is 0 Å². The van der Waals surface area contributed by atoms with Gasteiger partial charge in [0.15, 0.2) is 0 Å². The maximum Gasteiger partial charge on any atom is 0.224 e. The molecule has 2 unspecified atom stereocenters. The molecule has 2 aliphatic rings. The molecule has 1 heterocycles. The van der Waals surface area contributed by atoms with Crippen LogP contribution in [-0.4, -0.2) is 52.3 Å². The van der Waals surface area contributed by atoms with Gasteiger partial charge in [0, 0.05) is 24.5 Å². The fraction of sp³-hybridized carbons (Fsp3) is 0.423. The van der Waals surface area contributed by atoms with E-state index < -0.39 is 11.0 Å². The van der Waals surface area contributed by atoms with Crippen LogP contribution in [0.15, 0.2) is 55.1 Å². The van der Waals surface area contributed by atoms with Crippen molar-refractivity contribution in [1.82, 2.24) is 10.2 Å². The van der Waals surface area contributed by atoms with Crippen LogP contribution in [0.1, 0.15) is 36.8 Å². The summed E-state index contributed by atoms with van der Waals surface area (Å²) in [5.41, 5.74) is 0.220. The lowest BCUT2D eigenvalue weighted by Crippen LogP contribution is -2.67. The first-order valence-electron chi connectivity index (χ1n) is 11.3. The van der Waals surface area contributed by atoms with E-state index in [-0.39, 0.29) is 24.1 Å². The molecular weight excluding hydrogens is 459 g/mol. The standard InChI is InChI=1S/C26H30Cl2N2O3/c1-2-11-30-12-10-25(19-4-3-5-21(31)15-19)16-20(8-9-26(25,33)17-30)29-24(32)14-18-6-7-22(27)23(28)13-18/h2-7,13,15,20,31,33H,1,8-12,14,16-17H2,(H,29,32)/t20-,25?,26?/m0/s1. The first kappa shape index (κ1) is 24.1. The average Bonchev–Trinajstić information content (AvgIpc) is 2.77. The van der Waals surface area contributed by atoms with Gasteiger partial charge in [0.25, 0.3) is 0 Å². The van der Waals surface area contributed by atoms with E-state index in [2.05, 4.69) is 16.8 Å². The van der Waals surface area contributed by atoms with Crippen molar-refractivity contribution < 1.29 is 15.0 Å². The van der Waals surface area contributed by atoms with Crippen LogP contribution in [0.4, 0.5) is 0 Å². The normalized spacial score (nSPS) is 27.5. The predicted octanol–water partition coefficient (Wildman–Crippen LogP) is 4.47. The maximum absolute atomic E-state index is 12.8. The number of nitrogens with zero attached hydrogens (tertiary/aromatic N) is 1. The van der Waals surface area contributed by atoms with Gasteiger partial charge in [-0.3, -0.25) is 9.69 Å². The van der Waals surface area contributed by atoms with Crippen LogP contribution < -0.4 is 5.32 Å². The summed E-state index contributed by atoms with van der Waals surface area (Å²) < 4.78 is 0. The molecular formula is C26H30Cl2N2O3.